The molecule has 21 heavy (non-hydrogen) atoms. The number of ether oxygens (including phenoxy) is 1. The third kappa shape index (κ3) is 6.52. The van der Waals surface area contributed by atoms with Crippen LogP contribution in [0.5, 0.6) is 0 Å². The number of carbonyl (C=O) groups excluding carboxylic acids is 1. The van der Waals surface area contributed by atoms with Gasteiger partial charge in [-0.15, -0.1) is 0 Å². The van der Waals surface area contributed by atoms with Gasteiger partial charge in [0.25, 0.3) is 5.69 Å². The van der Waals surface area contributed by atoms with Gasteiger partial charge in [-0.25, -0.2) is 10.2 Å². The van der Waals surface area contributed by atoms with E-state index in [1.807, 2.05) is 0 Å². The Bertz CT molecular complexity index is 539. The summed E-state index contributed by atoms with van der Waals surface area (Å²) < 4.78 is 5.01. The molecule has 9 heteroatoms. The quantitative estimate of drug-likeness (QED) is 0.437. The van der Waals surface area contributed by atoms with E-state index in [-0.39, 0.29) is 10.8 Å². The first-order valence-corrected chi connectivity index (χ1v) is 6.38. The lowest BCUT2D eigenvalue weighted by atomic mass is 10.2. The number of hydrogen-bond donors (Lipinski definition) is 3. The highest BCUT2D eigenvalue weighted by Crippen LogP contribution is 2.15. The molecule has 0 radical (unpaired) electrons. The SMILES string of the molecule is CC(C)(C)OC(=O)NNC(=S)Nc1ccc([N+](=O)[O-])cc1. The van der Waals surface area contributed by atoms with Gasteiger partial charge < -0.3 is 10.1 Å². The molecule has 1 amide bonds. The summed E-state index contributed by atoms with van der Waals surface area (Å²) in [7, 11) is 0. The molecule has 1 aromatic rings. The van der Waals surface area contributed by atoms with Crippen LogP contribution in [0.25, 0.3) is 0 Å². The van der Waals surface area contributed by atoms with Crippen LogP contribution in [-0.2, 0) is 4.74 Å². The Labute approximate surface area is 127 Å². The van der Waals surface area contributed by atoms with Gasteiger partial charge in [0.05, 0.1) is 4.92 Å². The number of nitro groups is 1. The molecule has 0 saturated heterocycles. The van der Waals surface area contributed by atoms with Crippen molar-refractivity contribution in [2.75, 3.05) is 5.32 Å². The maximum atomic E-state index is 11.4. The number of hydrogen-bond acceptors (Lipinski definition) is 5. The molecule has 3 N–H and O–H groups in total. The molecule has 0 unspecified atom stereocenters. The van der Waals surface area contributed by atoms with Crippen molar-refractivity contribution in [3.8, 4) is 0 Å². The first-order valence-electron chi connectivity index (χ1n) is 5.98. The Balaban J connectivity index is 2.43. The zero-order chi connectivity index (χ0) is 16.0. The Morgan fingerprint density at radius 1 is 1.24 bits per heavy atom. The van der Waals surface area contributed by atoms with Crippen molar-refractivity contribution in [3.05, 3.63) is 34.4 Å². The van der Waals surface area contributed by atoms with Crippen molar-refractivity contribution >= 4 is 34.8 Å². The van der Waals surface area contributed by atoms with E-state index in [0.717, 1.165) is 0 Å². The van der Waals surface area contributed by atoms with E-state index in [2.05, 4.69) is 16.2 Å². The Hall–Kier alpha value is -2.42. The lowest BCUT2D eigenvalue weighted by Gasteiger charge is -2.20. The smallest absolute Gasteiger partial charge is 0.426 e. The molecule has 1 aromatic carbocycles. The summed E-state index contributed by atoms with van der Waals surface area (Å²) in [5.41, 5.74) is 4.63. The van der Waals surface area contributed by atoms with Crippen molar-refractivity contribution in [1.29, 1.82) is 0 Å². The highest BCUT2D eigenvalue weighted by atomic mass is 32.1. The highest BCUT2D eigenvalue weighted by Gasteiger charge is 2.15. The number of hydrazine groups is 1. The monoisotopic (exact) mass is 312 g/mol. The summed E-state index contributed by atoms with van der Waals surface area (Å²) in [6, 6.07) is 5.68. The summed E-state index contributed by atoms with van der Waals surface area (Å²) in [5.74, 6) is 0. The molecule has 0 atom stereocenters. The minimum absolute atomic E-state index is 0.0219. The first-order chi connectivity index (χ1) is 9.67. The second-order valence-corrected chi connectivity index (χ2v) is 5.42. The minimum Gasteiger partial charge on any atom is -0.443 e. The summed E-state index contributed by atoms with van der Waals surface area (Å²) in [5, 5.41) is 13.4. The molecule has 0 spiro atoms. The zero-order valence-electron chi connectivity index (χ0n) is 11.8. The maximum absolute atomic E-state index is 11.4. The average molecular weight is 312 g/mol. The number of nitrogens with zero attached hydrogens (tertiary/aromatic N) is 1. The molecule has 0 saturated carbocycles. The number of amides is 1. The van der Waals surface area contributed by atoms with Crippen molar-refractivity contribution in [2.45, 2.75) is 26.4 Å². The Morgan fingerprint density at radius 3 is 2.29 bits per heavy atom. The third-order valence-corrected chi connectivity index (χ3v) is 2.22. The van der Waals surface area contributed by atoms with Crippen molar-refractivity contribution in [1.82, 2.24) is 10.9 Å². The van der Waals surface area contributed by atoms with Gasteiger partial charge in [0.2, 0.25) is 0 Å². The van der Waals surface area contributed by atoms with Crippen molar-refractivity contribution in [2.24, 2.45) is 0 Å². The summed E-state index contributed by atoms with van der Waals surface area (Å²) in [4.78, 5) is 21.4. The van der Waals surface area contributed by atoms with Crippen LogP contribution in [0.3, 0.4) is 0 Å². The van der Waals surface area contributed by atoms with Crippen LogP contribution >= 0.6 is 12.2 Å². The molecule has 114 valence electrons. The van der Waals surface area contributed by atoms with Crippen molar-refractivity contribution < 1.29 is 14.5 Å². The van der Waals surface area contributed by atoms with Gasteiger partial charge in [-0.1, -0.05) is 0 Å². The highest BCUT2D eigenvalue weighted by molar-refractivity contribution is 7.80. The number of carbonyl (C=O) groups is 1. The van der Waals surface area contributed by atoms with Gasteiger partial charge in [-0.05, 0) is 45.1 Å². The zero-order valence-corrected chi connectivity index (χ0v) is 12.6. The molecule has 1 rings (SSSR count). The maximum Gasteiger partial charge on any atom is 0.426 e. The van der Waals surface area contributed by atoms with Crippen LogP contribution in [-0.4, -0.2) is 21.7 Å². The standard InChI is InChI=1S/C12H16N4O4S/c1-12(2,3)20-11(17)15-14-10(21)13-8-4-6-9(7-5-8)16(18)19/h4-7H,1-3H3,(H,15,17)(H2,13,14,21). The third-order valence-electron chi connectivity index (χ3n) is 2.01. The minimum atomic E-state index is -0.671. The predicted molar refractivity (Wildman–Crippen MR) is 81.8 cm³/mol. The van der Waals surface area contributed by atoms with E-state index in [0.29, 0.717) is 5.69 Å². The number of thiocarbonyl (C=S) groups is 1. The van der Waals surface area contributed by atoms with Gasteiger partial charge in [-0.3, -0.25) is 15.5 Å². The topological polar surface area (TPSA) is 106 Å². The van der Waals surface area contributed by atoms with Crippen molar-refractivity contribution in [3.63, 3.8) is 0 Å². The fraction of sp³-hybridized carbons (Fsp3) is 0.333. The second kappa shape index (κ2) is 6.84. The van der Waals surface area contributed by atoms with Crippen LogP contribution in [0.1, 0.15) is 20.8 Å². The fourth-order valence-corrected chi connectivity index (χ4v) is 1.41. The number of nitrogens with one attached hydrogen (secondary N) is 3. The normalized spacial score (nSPS) is 10.4. The molecular weight excluding hydrogens is 296 g/mol. The lowest BCUT2D eigenvalue weighted by molar-refractivity contribution is -0.384. The van der Waals surface area contributed by atoms with Crippen LogP contribution in [0.2, 0.25) is 0 Å². The van der Waals surface area contributed by atoms with E-state index in [9.17, 15) is 14.9 Å². The number of non-ortho nitro benzene ring substituents is 1. The van der Waals surface area contributed by atoms with Gasteiger partial charge in [0.1, 0.15) is 5.60 Å². The molecular formula is C12H16N4O4S. The number of nitro benzene ring substituents is 1. The summed E-state index contributed by atoms with van der Waals surface area (Å²) in [6.07, 6.45) is -0.671. The Kier molecular flexibility index (Phi) is 5.42. The predicted octanol–water partition coefficient (Wildman–Crippen LogP) is 2.32. The molecule has 0 aliphatic carbocycles. The van der Waals surface area contributed by atoms with E-state index >= 15 is 0 Å². The van der Waals surface area contributed by atoms with Crippen LogP contribution in [0, 0.1) is 10.1 Å². The number of benzene rings is 1. The molecule has 0 aromatic heterocycles. The molecule has 8 nitrogen and oxygen atoms in total. The van der Waals surface area contributed by atoms with Gasteiger partial charge in [0.15, 0.2) is 5.11 Å². The molecule has 0 fully saturated rings. The van der Waals surface area contributed by atoms with Crippen LogP contribution in [0.15, 0.2) is 24.3 Å². The van der Waals surface area contributed by atoms with Gasteiger partial charge >= 0.3 is 6.09 Å². The van der Waals surface area contributed by atoms with E-state index in [4.69, 9.17) is 17.0 Å². The van der Waals surface area contributed by atoms with Crippen LogP contribution < -0.4 is 16.2 Å². The largest absolute Gasteiger partial charge is 0.443 e. The average Bonchev–Trinajstić information content (AvgIpc) is 2.35. The molecule has 0 aliphatic rings. The number of rotatable bonds is 2. The molecule has 0 heterocycles. The van der Waals surface area contributed by atoms with E-state index in [1.165, 1.54) is 24.3 Å². The Morgan fingerprint density at radius 2 is 1.81 bits per heavy atom. The van der Waals surface area contributed by atoms with Gasteiger partial charge in [0, 0.05) is 17.8 Å². The lowest BCUT2D eigenvalue weighted by Crippen LogP contribution is -2.45. The molecule has 0 aliphatic heterocycles. The van der Waals surface area contributed by atoms with Gasteiger partial charge in [-0.2, -0.15) is 0 Å². The van der Waals surface area contributed by atoms with E-state index in [1.54, 1.807) is 20.8 Å². The summed E-state index contributed by atoms with van der Waals surface area (Å²) >= 11 is 4.95. The van der Waals surface area contributed by atoms with Crippen LogP contribution in [0.4, 0.5) is 16.2 Å². The number of anilines is 1. The summed E-state index contributed by atoms with van der Waals surface area (Å²) in [6.45, 7) is 5.21. The fourth-order valence-electron chi connectivity index (χ4n) is 1.24. The second-order valence-electron chi connectivity index (χ2n) is 5.01. The van der Waals surface area contributed by atoms with E-state index < -0.39 is 16.6 Å². The first kappa shape index (κ1) is 16.6. The molecule has 0 bridgehead atoms.